The Labute approximate surface area is 125 Å². The molecule has 2 atom stereocenters. The molecule has 0 rings (SSSR count). The van der Waals surface area contributed by atoms with Crippen molar-refractivity contribution in [2.45, 2.75) is 52.1 Å². The number of carboxylic acid groups (broad SMARTS) is 2. The molecule has 0 saturated carbocycles. The fourth-order valence-corrected chi connectivity index (χ4v) is 2.63. The minimum Gasteiger partial charge on any atom is -0.481 e. The molecule has 118 valence electrons. The average molecular weight is 306 g/mol. The molecule has 6 heteroatoms. The van der Waals surface area contributed by atoms with Gasteiger partial charge in [-0.1, -0.05) is 20.3 Å². The van der Waals surface area contributed by atoms with Gasteiger partial charge in [0.1, 0.15) is 0 Å². The number of thioether (sulfide) groups is 1. The van der Waals surface area contributed by atoms with Gasteiger partial charge in [0.2, 0.25) is 0 Å². The van der Waals surface area contributed by atoms with Gasteiger partial charge in [0.15, 0.2) is 6.10 Å². The highest BCUT2D eigenvalue weighted by Crippen LogP contribution is 2.11. The first-order valence-electron chi connectivity index (χ1n) is 7.14. The predicted octanol–water partition coefficient (Wildman–Crippen LogP) is 2.88. The van der Waals surface area contributed by atoms with E-state index in [2.05, 4.69) is 6.92 Å². The zero-order valence-electron chi connectivity index (χ0n) is 12.3. The van der Waals surface area contributed by atoms with Gasteiger partial charge < -0.3 is 14.9 Å². The lowest BCUT2D eigenvalue weighted by Crippen LogP contribution is -2.25. The molecular weight excluding hydrogens is 280 g/mol. The molecule has 5 nitrogen and oxygen atoms in total. The van der Waals surface area contributed by atoms with Crippen molar-refractivity contribution in [2.75, 3.05) is 18.1 Å². The van der Waals surface area contributed by atoms with Crippen LogP contribution in [0.5, 0.6) is 0 Å². The van der Waals surface area contributed by atoms with E-state index in [0.717, 1.165) is 24.3 Å². The zero-order chi connectivity index (χ0) is 15.4. The topological polar surface area (TPSA) is 83.8 Å². The summed E-state index contributed by atoms with van der Waals surface area (Å²) in [6.45, 7) is 4.07. The number of hydrogen-bond acceptors (Lipinski definition) is 4. The van der Waals surface area contributed by atoms with E-state index in [1.54, 1.807) is 18.7 Å². The van der Waals surface area contributed by atoms with Gasteiger partial charge in [-0.05, 0) is 37.2 Å². The molecule has 0 aromatic heterocycles. The molecule has 0 aromatic carbocycles. The van der Waals surface area contributed by atoms with E-state index < -0.39 is 24.0 Å². The lowest BCUT2D eigenvalue weighted by atomic mass is 10.1. The van der Waals surface area contributed by atoms with Crippen molar-refractivity contribution in [3.8, 4) is 0 Å². The Bertz CT molecular complexity index is 283. The first kappa shape index (κ1) is 19.2. The van der Waals surface area contributed by atoms with Gasteiger partial charge in [0, 0.05) is 6.61 Å². The maximum atomic E-state index is 11.0. The Kier molecular flexibility index (Phi) is 11.6. The summed E-state index contributed by atoms with van der Waals surface area (Å²) in [7, 11) is 0. The quantitative estimate of drug-likeness (QED) is 0.509. The van der Waals surface area contributed by atoms with Gasteiger partial charge in [0.05, 0.1) is 5.92 Å². The molecule has 2 unspecified atom stereocenters. The molecule has 0 aromatic rings. The Morgan fingerprint density at radius 1 is 1.10 bits per heavy atom. The molecule has 0 amide bonds. The summed E-state index contributed by atoms with van der Waals surface area (Å²) in [4.78, 5) is 21.7. The molecule has 2 N–H and O–H groups in total. The third-order valence-electron chi connectivity index (χ3n) is 2.96. The molecule has 0 heterocycles. The molecule has 0 bridgehead atoms. The van der Waals surface area contributed by atoms with E-state index in [1.807, 2.05) is 0 Å². The highest BCUT2D eigenvalue weighted by atomic mass is 32.2. The van der Waals surface area contributed by atoms with Crippen LogP contribution in [0.25, 0.3) is 0 Å². The summed E-state index contributed by atoms with van der Waals surface area (Å²) in [6.07, 6.45) is 3.10. The van der Waals surface area contributed by atoms with Crippen molar-refractivity contribution in [1.29, 1.82) is 0 Å². The van der Waals surface area contributed by atoms with E-state index in [1.165, 1.54) is 0 Å². The lowest BCUT2D eigenvalue weighted by molar-refractivity contribution is -0.151. The van der Waals surface area contributed by atoms with E-state index >= 15 is 0 Å². The molecule has 0 radical (unpaired) electrons. The van der Waals surface area contributed by atoms with Gasteiger partial charge >= 0.3 is 11.9 Å². The number of unbranched alkanes of at least 4 members (excludes halogenated alkanes) is 1. The number of rotatable bonds is 13. The Balaban J connectivity index is 3.75. The minimum atomic E-state index is -0.938. The molecule has 0 spiro atoms. The highest BCUT2D eigenvalue weighted by molar-refractivity contribution is 7.99. The first-order chi connectivity index (χ1) is 9.49. The summed E-state index contributed by atoms with van der Waals surface area (Å²) < 4.78 is 5.33. The van der Waals surface area contributed by atoms with Gasteiger partial charge in [-0.15, -0.1) is 0 Å². The normalized spacial score (nSPS) is 13.9. The third kappa shape index (κ3) is 10.1. The van der Waals surface area contributed by atoms with Gasteiger partial charge in [0.25, 0.3) is 0 Å². The number of hydrogen-bond donors (Lipinski definition) is 2. The van der Waals surface area contributed by atoms with E-state index in [4.69, 9.17) is 14.9 Å². The summed E-state index contributed by atoms with van der Waals surface area (Å²) in [5, 5.41) is 17.8. The standard InChI is InChI=1S/C14H26O5S/c1-3-4-9-20-10-7-12(14(17)18)19-8-5-6-11(2)13(15)16/h11-12H,3-10H2,1-2H3,(H,15,16)(H,17,18). The largest absolute Gasteiger partial charge is 0.481 e. The molecule has 0 saturated heterocycles. The van der Waals surface area contributed by atoms with Crippen LogP contribution in [0.4, 0.5) is 0 Å². The van der Waals surface area contributed by atoms with Crippen molar-refractivity contribution in [2.24, 2.45) is 5.92 Å². The molecule has 0 aliphatic heterocycles. The third-order valence-corrected chi connectivity index (χ3v) is 4.07. The molecule has 20 heavy (non-hydrogen) atoms. The number of carboxylic acids is 2. The van der Waals surface area contributed by atoms with Gasteiger partial charge in [-0.25, -0.2) is 4.79 Å². The summed E-state index contributed by atoms with van der Waals surface area (Å²) in [5.74, 6) is -0.340. The van der Waals surface area contributed by atoms with E-state index in [9.17, 15) is 9.59 Å². The number of ether oxygens (including phenoxy) is 1. The van der Waals surface area contributed by atoms with Crippen LogP contribution in [0.2, 0.25) is 0 Å². The van der Waals surface area contributed by atoms with Crippen molar-refractivity contribution in [3.63, 3.8) is 0 Å². The summed E-state index contributed by atoms with van der Waals surface area (Å²) in [5.41, 5.74) is 0. The predicted molar refractivity (Wildman–Crippen MR) is 80.3 cm³/mol. The smallest absolute Gasteiger partial charge is 0.332 e. The molecular formula is C14H26O5S. The molecule has 0 aliphatic carbocycles. The Morgan fingerprint density at radius 3 is 2.35 bits per heavy atom. The zero-order valence-corrected chi connectivity index (χ0v) is 13.2. The van der Waals surface area contributed by atoms with E-state index in [-0.39, 0.29) is 0 Å². The van der Waals surface area contributed by atoms with Crippen molar-refractivity contribution >= 4 is 23.7 Å². The lowest BCUT2D eigenvalue weighted by Gasteiger charge is -2.14. The average Bonchev–Trinajstić information content (AvgIpc) is 2.39. The minimum absolute atomic E-state index is 0.300. The second-order valence-electron chi connectivity index (χ2n) is 4.83. The maximum absolute atomic E-state index is 11.0. The fraction of sp³-hybridized carbons (Fsp3) is 0.857. The second-order valence-corrected chi connectivity index (χ2v) is 6.06. The summed E-state index contributed by atoms with van der Waals surface area (Å²) >= 11 is 1.75. The van der Waals surface area contributed by atoms with Crippen molar-refractivity contribution in [1.82, 2.24) is 0 Å². The van der Waals surface area contributed by atoms with Crippen LogP contribution in [0.15, 0.2) is 0 Å². The second kappa shape index (κ2) is 12.0. The number of carbonyl (C=O) groups is 2. The Morgan fingerprint density at radius 2 is 1.80 bits per heavy atom. The Hall–Kier alpha value is -0.750. The van der Waals surface area contributed by atoms with Crippen molar-refractivity contribution < 1.29 is 24.5 Å². The van der Waals surface area contributed by atoms with Crippen LogP contribution < -0.4 is 0 Å². The molecule has 0 fully saturated rings. The van der Waals surface area contributed by atoms with Crippen molar-refractivity contribution in [3.05, 3.63) is 0 Å². The van der Waals surface area contributed by atoms with Crippen LogP contribution in [-0.2, 0) is 14.3 Å². The van der Waals surface area contributed by atoms with Crippen LogP contribution >= 0.6 is 11.8 Å². The highest BCUT2D eigenvalue weighted by Gasteiger charge is 2.18. The van der Waals surface area contributed by atoms with Crippen LogP contribution in [-0.4, -0.2) is 46.4 Å². The fourth-order valence-electron chi connectivity index (χ4n) is 1.56. The SMILES string of the molecule is CCCCSCCC(OCCCC(C)C(=O)O)C(=O)O. The van der Waals surface area contributed by atoms with Crippen LogP contribution in [0.3, 0.4) is 0 Å². The number of aliphatic carboxylic acids is 2. The van der Waals surface area contributed by atoms with Crippen LogP contribution in [0, 0.1) is 5.92 Å². The van der Waals surface area contributed by atoms with Gasteiger partial charge in [-0.2, -0.15) is 11.8 Å². The summed E-state index contributed by atoms with van der Waals surface area (Å²) in [6, 6.07) is 0. The maximum Gasteiger partial charge on any atom is 0.332 e. The van der Waals surface area contributed by atoms with Crippen LogP contribution in [0.1, 0.15) is 46.0 Å². The van der Waals surface area contributed by atoms with E-state index in [0.29, 0.717) is 25.9 Å². The molecule has 0 aliphatic rings. The monoisotopic (exact) mass is 306 g/mol. The first-order valence-corrected chi connectivity index (χ1v) is 8.29. The van der Waals surface area contributed by atoms with Gasteiger partial charge in [-0.3, -0.25) is 4.79 Å².